The Kier molecular flexibility index (Phi) is 5.32. The van der Waals surface area contributed by atoms with Crippen LogP contribution in [0.5, 0.6) is 0 Å². The quantitative estimate of drug-likeness (QED) is 0.565. The number of nitrogens with one attached hydrogen (secondary N) is 2. The van der Waals surface area contributed by atoms with E-state index in [1.165, 1.54) is 40.1 Å². The molecule has 2 heterocycles. The fraction of sp³-hybridized carbons (Fsp3) is 0.250. The minimum absolute atomic E-state index is 0.126. The number of fused-ring (bicyclic) bond motifs is 1. The zero-order valence-corrected chi connectivity index (χ0v) is 16.6. The van der Waals surface area contributed by atoms with Crippen LogP contribution in [0, 0.1) is 0 Å². The number of benzene rings is 2. The predicted molar refractivity (Wildman–Crippen MR) is 115 cm³/mol. The van der Waals surface area contributed by atoms with Gasteiger partial charge < -0.3 is 15.7 Å². The molecule has 29 heavy (non-hydrogen) atoms. The molecule has 5 heteroatoms. The molecular weight excluding hydrogens is 362 g/mol. The van der Waals surface area contributed by atoms with Crippen LogP contribution in [0.4, 0.5) is 5.69 Å². The third-order valence-corrected chi connectivity index (χ3v) is 5.50. The molecule has 0 radical (unpaired) electrons. The van der Waals surface area contributed by atoms with Crippen molar-refractivity contribution < 1.29 is 9.90 Å². The average Bonchev–Trinajstić information content (AvgIpc) is 3.14. The Balaban J connectivity index is 1.55. The molecule has 0 unspecified atom stereocenters. The Bertz CT molecular complexity index is 1050. The van der Waals surface area contributed by atoms with E-state index < -0.39 is 5.97 Å². The fourth-order valence-electron chi connectivity index (χ4n) is 3.99. The number of pyridine rings is 1. The summed E-state index contributed by atoms with van der Waals surface area (Å²) in [5.74, 6) is -0.486. The Morgan fingerprint density at radius 1 is 1.24 bits per heavy atom. The van der Waals surface area contributed by atoms with Crippen LogP contribution >= 0.6 is 0 Å². The van der Waals surface area contributed by atoms with E-state index >= 15 is 0 Å². The van der Waals surface area contributed by atoms with Crippen molar-refractivity contribution in [2.75, 3.05) is 11.9 Å². The molecule has 0 bridgehead atoms. The molecule has 1 aliphatic rings. The fourth-order valence-corrected chi connectivity index (χ4v) is 3.99. The molecule has 5 nitrogen and oxygen atoms in total. The van der Waals surface area contributed by atoms with E-state index in [1.807, 2.05) is 0 Å². The largest absolute Gasteiger partial charge is 0.478 e. The number of nitrogens with zero attached hydrogens (tertiary/aromatic N) is 1. The minimum atomic E-state index is -0.955. The molecule has 4 rings (SSSR count). The number of rotatable bonds is 6. The number of aromatic carboxylic acids is 1. The number of anilines is 1. The SMILES string of the molecule is CC(C)c1ccccc1-c1ccc2c(c1)CN[C@@H]2CNc1cnccc1C(=O)O. The zero-order valence-electron chi connectivity index (χ0n) is 16.6. The van der Waals surface area contributed by atoms with Gasteiger partial charge in [0.05, 0.1) is 23.5 Å². The van der Waals surface area contributed by atoms with Crippen LogP contribution in [-0.4, -0.2) is 22.6 Å². The highest BCUT2D eigenvalue weighted by Crippen LogP contribution is 2.34. The van der Waals surface area contributed by atoms with E-state index in [2.05, 4.69) is 71.9 Å². The first-order valence-corrected chi connectivity index (χ1v) is 9.91. The molecule has 1 aromatic heterocycles. The first kappa shape index (κ1) is 19.2. The van der Waals surface area contributed by atoms with Gasteiger partial charge >= 0.3 is 5.97 Å². The molecule has 1 aliphatic heterocycles. The summed E-state index contributed by atoms with van der Waals surface area (Å²) < 4.78 is 0. The molecule has 3 aromatic rings. The van der Waals surface area contributed by atoms with Crippen LogP contribution in [-0.2, 0) is 6.54 Å². The van der Waals surface area contributed by atoms with E-state index in [0.29, 0.717) is 18.2 Å². The Labute approximate surface area is 170 Å². The first-order valence-electron chi connectivity index (χ1n) is 9.91. The Morgan fingerprint density at radius 2 is 2.07 bits per heavy atom. The number of hydrogen-bond donors (Lipinski definition) is 3. The second-order valence-corrected chi connectivity index (χ2v) is 7.70. The van der Waals surface area contributed by atoms with Gasteiger partial charge in [-0.25, -0.2) is 4.79 Å². The molecule has 0 spiro atoms. The number of carboxylic acids is 1. The summed E-state index contributed by atoms with van der Waals surface area (Å²) in [4.78, 5) is 15.4. The summed E-state index contributed by atoms with van der Waals surface area (Å²) in [6, 6.07) is 16.9. The van der Waals surface area contributed by atoms with Gasteiger partial charge in [-0.1, -0.05) is 50.2 Å². The highest BCUT2D eigenvalue weighted by molar-refractivity contribution is 5.93. The van der Waals surface area contributed by atoms with E-state index in [0.717, 1.165) is 6.54 Å². The second-order valence-electron chi connectivity index (χ2n) is 7.70. The van der Waals surface area contributed by atoms with Gasteiger partial charge in [-0.15, -0.1) is 0 Å². The Hall–Kier alpha value is -3.18. The van der Waals surface area contributed by atoms with Gasteiger partial charge in [0.25, 0.3) is 0 Å². The maximum Gasteiger partial charge on any atom is 0.337 e. The smallest absolute Gasteiger partial charge is 0.337 e. The van der Waals surface area contributed by atoms with Gasteiger partial charge in [-0.3, -0.25) is 4.98 Å². The molecule has 0 saturated heterocycles. The van der Waals surface area contributed by atoms with Crippen molar-refractivity contribution in [3.05, 3.63) is 83.2 Å². The molecular formula is C24H25N3O2. The van der Waals surface area contributed by atoms with E-state index in [4.69, 9.17) is 0 Å². The van der Waals surface area contributed by atoms with Crippen molar-refractivity contribution >= 4 is 11.7 Å². The van der Waals surface area contributed by atoms with Crippen molar-refractivity contribution in [1.29, 1.82) is 0 Å². The van der Waals surface area contributed by atoms with Gasteiger partial charge in [0, 0.05) is 19.3 Å². The van der Waals surface area contributed by atoms with E-state index in [9.17, 15) is 9.90 Å². The van der Waals surface area contributed by atoms with Crippen molar-refractivity contribution in [3.63, 3.8) is 0 Å². The average molecular weight is 387 g/mol. The minimum Gasteiger partial charge on any atom is -0.478 e. The summed E-state index contributed by atoms with van der Waals surface area (Å²) in [5, 5.41) is 16.1. The summed E-state index contributed by atoms with van der Waals surface area (Å²) in [6.45, 7) is 5.84. The summed E-state index contributed by atoms with van der Waals surface area (Å²) in [5.41, 5.74) is 7.20. The van der Waals surface area contributed by atoms with Crippen molar-refractivity contribution in [2.45, 2.75) is 32.4 Å². The third kappa shape index (κ3) is 3.87. The molecule has 148 valence electrons. The van der Waals surface area contributed by atoms with Crippen molar-refractivity contribution in [1.82, 2.24) is 10.3 Å². The lowest BCUT2D eigenvalue weighted by atomic mass is 9.91. The first-order chi connectivity index (χ1) is 14.0. The van der Waals surface area contributed by atoms with Gasteiger partial charge in [-0.2, -0.15) is 0 Å². The van der Waals surface area contributed by atoms with Crippen LogP contribution in [0.25, 0.3) is 11.1 Å². The molecule has 2 aromatic carbocycles. The Morgan fingerprint density at radius 3 is 2.86 bits per heavy atom. The zero-order chi connectivity index (χ0) is 20.4. The van der Waals surface area contributed by atoms with Crippen LogP contribution in [0.15, 0.2) is 60.9 Å². The normalized spacial score (nSPS) is 15.3. The maximum atomic E-state index is 11.4. The molecule has 3 N–H and O–H groups in total. The molecule has 0 amide bonds. The van der Waals surface area contributed by atoms with Gasteiger partial charge in [-0.05, 0) is 45.9 Å². The number of hydrogen-bond acceptors (Lipinski definition) is 4. The van der Waals surface area contributed by atoms with Crippen LogP contribution in [0.3, 0.4) is 0 Å². The molecule has 0 fully saturated rings. The van der Waals surface area contributed by atoms with Gasteiger partial charge in [0.15, 0.2) is 0 Å². The standard InChI is InChI=1S/C24H25N3O2/c1-15(2)18-5-3-4-6-19(18)16-7-8-20-17(11-16)12-26-23(20)14-27-22-13-25-10-9-21(22)24(28)29/h3-11,13,15,23,26-27H,12,14H2,1-2H3,(H,28,29)/t23-/m1/s1. The molecule has 0 saturated carbocycles. The lowest BCUT2D eigenvalue weighted by Crippen LogP contribution is -2.22. The van der Waals surface area contributed by atoms with Gasteiger partial charge in [0.2, 0.25) is 0 Å². The van der Waals surface area contributed by atoms with Crippen LogP contribution in [0.1, 0.15) is 52.9 Å². The highest BCUT2D eigenvalue weighted by Gasteiger charge is 2.23. The summed E-state index contributed by atoms with van der Waals surface area (Å²) >= 11 is 0. The number of carbonyl (C=O) groups is 1. The molecule has 1 atom stereocenters. The van der Waals surface area contributed by atoms with Crippen LogP contribution < -0.4 is 10.6 Å². The van der Waals surface area contributed by atoms with Crippen LogP contribution in [0.2, 0.25) is 0 Å². The van der Waals surface area contributed by atoms with Crippen molar-refractivity contribution in [3.8, 4) is 11.1 Å². The van der Waals surface area contributed by atoms with Crippen molar-refractivity contribution in [2.24, 2.45) is 0 Å². The second kappa shape index (κ2) is 8.05. The predicted octanol–water partition coefficient (Wildman–Crippen LogP) is 4.83. The monoisotopic (exact) mass is 387 g/mol. The number of carboxylic acid groups (broad SMARTS) is 1. The lowest BCUT2D eigenvalue weighted by molar-refractivity contribution is 0.0698. The lowest BCUT2D eigenvalue weighted by Gasteiger charge is -2.16. The number of aromatic nitrogens is 1. The maximum absolute atomic E-state index is 11.4. The molecule has 0 aliphatic carbocycles. The highest BCUT2D eigenvalue weighted by atomic mass is 16.4. The summed E-state index contributed by atoms with van der Waals surface area (Å²) in [7, 11) is 0. The van der Waals surface area contributed by atoms with Gasteiger partial charge in [0.1, 0.15) is 0 Å². The third-order valence-electron chi connectivity index (χ3n) is 5.50. The van der Waals surface area contributed by atoms with E-state index in [1.54, 1.807) is 6.20 Å². The topological polar surface area (TPSA) is 74.2 Å². The van der Waals surface area contributed by atoms with E-state index in [-0.39, 0.29) is 11.6 Å². The summed E-state index contributed by atoms with van der Waals surface area (Å²) in [6.07, 6.45) is 3.06.